The molecule has 9 heteroatoms. The van der Waals surface area contributed by atoms with Crippen LogP contribution in [0.1, 0.15) is 12.8 Å². The largest absolute Gasteiger partial charge is 0.367 e. The lowest BCUT2D eigenvalue weighted by Crippen LogP contribution is -2.06. The van der Waals surface area contributed by atoms with Crippen molar-refractivity contribution in [2.75, 3.05) is 11.6 Å². The maximum atomic E-state index is 11.7. The molecule has 0 aliphatic heterocycles. The predicted octanol–water partition coefficient (Wildman–Crippen LogP) is 0.984. The van der Waals surface area contributed by atoms with Crippen LogP contribution in [0, 0.1) is 0 Å². The summed E-state index contributed by atoms with van der Waals surface area (Å²) in [7, 11) is -3.42. The van der Waals surface area contributed by atoms with Crippen molar-refractivity contribution >= 4 is 38.3 Å². The first-order valence-corrected chi connectivity index (χ1v) is 7.60. The molecule has 1 saturated carbocycles. The zero-order chi connectivity index (χ0) is 12.9. The van der Waals surface area contributed by atoms with E-state index in [1.165, 1.54) is 0 Å². The van der Waals surface area contributed by atoms with Crippen molar-refractivity contribution in [2.45, 2.75) is 23.9 Å². The van der Waals surface area contributed by atoms with E-state index in [4.69, 9.17) is 11.6 Å². The van der Waals surface area contributed by atoms with E-state index in [0.717, 1.165) is 19.1 Å². The number of H-pyrrole nitrogens is 1. The summed E-state index contributed by atoms with van der Waals surface area (Å²) < 4.78 is 23.3. The molecule has 0 saturated heterocycles. The number of nitrogens with one attached hydrogen (secondary N) is 2. The summed E-state index contributed by atoms with van der Waals surface area (Å²) in [5.41, 5.74) is 0.249. The molecule has 7 nitrogen and oxygen atoms in total. The van der Waals surface area contributed by atoms with Crippen molar-refractivity contribution in [2.24, 2.45) is 0 Å². The number of nitrogens with zero attached hydrogens (tertiary/aromatic N) is 3. The SMILES string of the molecule is CS(=O)(=O)c1[nH]nc2nc(Cl)nc(NC3CC3)c12. The zero-order valence-electron chi connectivity index (χ0n) is 9.44. The summed E-state index contributed by atoms with van der Waals surface area (Å²) in [5.74, 6) is 0.418. The smallest absolute Gasteiger partial charge is 0.226 e. The Morgan fingerprint density at radius 2 is 2.11 bits per heavy atom. The summed E-state index contributed by atoms with van der Waals surface area (Å²) >= 11 is 5.79. The Bertz CT molecular complexity index is 722. The third-order valence-corrected chi connectivity index (χ3v) is 3.85. The minimum atomic E-state index is -3.42. The van der Waals surface area contributed by atoms with E-state index in [-0.39, 0.29) is 16.0 Å². The van der Waals surface area contributed by atoms with E-state index in [0.29, 0.717) is 17.2 Å². The topological polar surface area (TPSA) is 101 Å². The Labute approximate surface area is 108 Å². The number of fused-ring (bicyclic) bond motifs is 1. The fraction of sp³-hybridized carbons (Fsp3) is 0.444. The highest BCUT2D eigenvalue weighted by molar-refractivity contribution is 7.90. The molecule has 0 spiro atoms. The highest BCUT2D eigenvalue weighted by atomic mass is 35.5. The van der Waals surface area contributed by atoms with Gasteiger partial charge in [-0.3, -0.25) is 5.10 Å². The van der Waals surface area contributed by atoms with Gasteiger partial charge in [0.05, 0.1) is 0 Å². The van der Waals surface area contributed by atoms with Crippen LogP contribution in [-0.4, -0.2) is 40.9 Å². The number of hydrogen-bond acceptors (Lipinski definition) is 6. The summed E-state index contributed by atoms with van der Waals surface area (Å²) in [6.45, 7) is 0. The standard InChI is InChI=1S/C9H10ClN5O2S/c1-18(16,17)8-5-6(11-4-2-3-4)12-9(10)13-7(5)14-15-8/h4H,2-3H2,1H3,(H2,11,12,13,14,15). The van der Waals surface area contributed by atoms with E-state index in [2.05, 4.69) is 25.5 Å². The molecule has 1 aliphatic rings. The lowest BCUT2D eigenvalue weighted by molar-refractivity contribution is 0.598. The van der Waals surface area contributed by atoms with Gasteiger partial charge in [-0.15, -0.1) is 0 Å². The Kier molecular flexibility index (Phi) is 2.46. The molecule has 0 atom stereocenters. The molecule has 2 heterocycles. The van der Waals surface area contributed by atoms with Gasteiger partial charge in [-0.2, -0.15) is 15.1 Å². The van der Waals surface area contributed by atoms with Gasteiger partial charge in [-0.1, -0.05) is 0 Å². The second-order valence-electron chi connectivity index (χ2n) is 4.28. The normalized spacial score (nSPS) is 16.1. The molecule has 0 bridgehead atoms. The molecule has 0 unspecified atom stereocenters. The first-order valence-electron chi connectivity index (χ1n) is 5.33. The van der Waals surface area contributed by atoms with E-state index in [1.54, 1.807) is 0 Å². The van der Waals surface area contributed by atoms with E-state index >= 15 is 0 Å². The van der Waals surface area contributed by atoms with E-state index in [1.807, 2.05) is 0 Å². The molecule has 1 aliphatic carbocycles. The fourth-order valence-corrected chi connectivity index (χ4v) is 2.60. The van der Waals surface area contributed by atoms with Crippen LogP contribution in [0.4, 0.5) is 5.82 Å². The highest BCUT2D eigenvalue weighted by Gasteiger charge is 2.26. The zero-order valence-corrected chi connectivity index (χ0v) is 11.0. The van der Waals surface area contributed by atoms with E-state index in [9.17, 15) is 8.42 Å². The van der Waals surface area contributed by atoms with Crippen LogP contribution >= 0.6 is 11.6 Å². The minimum absolute atomic E-state index is 0.0114. The second kappa shape index (κ2) is 3.79. The minimum Gasteiger partial charge on any atom is -0.367 e. The van der Waals surface area contributed by atoms with Crippen LogP contribution in [0.2, 0.25) is 5.28 Å². The van der Waals surface area contributed by atoms with Crippen molar-refractivity contribution < 1.29 is 8.42 Å². The van der Waals surface area contributed by atoms with Crippen molar-refractivity contribution in [1.29, 1.82) is 0 Å². The Balaban J connectivity index is 2.26. The van der Waals surface area contributed by atoms with Gasteiger partial charge in [0.2, 0.25) is 5.28 Å². The van der Waals surface area contributed by atoms with Crippen LogP contribution in [0.5, 0.6) is 0 Å². The first kappa shape index (κ1) is 11.7. The molecule has 2 aromatic rings. The van der Waals surface area contributed by atoms with Gasteiger partial charge in [0.1, 0.15) is 11.2 Å². The molecular formula is C9H10ClN5O2S. The summed E-state index contributed by atoms with van der Waals surface area (Å²) in [5, 5.41) is 9.89. The molecule has 3 rings (SSSR count). The van der Waals surface area contributed by atoms with Crippen molar-refractivity contribution in [3.63, 3.8) is 0 Å². The lowest BCUT2D eigenvalue weighted by atomic mass is 10.4. The Morgan fingerprint density at radius 1 is 1.39 bits per heavy atom. The quantitative estimate of drug-likeness (QED) is 0.816. The highest BCUT2D eigenvalue weighted by Crippen LogP contribution is 2.31. The fourth-order valence-electron chi connectivity index (χ4n) is 1.67. The molecule has 2 aromatic heterocycles. The number of hydrogen-bond donors (Lipinski definition) is 2. The molecule has 0 radical (unpaired) electrons. The van der Waals surface area contributed by atoms with Crippen LogP contribution in [0.25, 0.3) is 11.0 Å². The van der Waals surface area contributed by atoms with Gasteiger partial charge in [-0.05, 0) is 24.4 Å². The number of rotatable bonds is 3. The Hall–Kier alpha value is -1.41. The number of sulfone groups is 1. The molecule has 1 fully saturated rings. The van der Waals surface area contributed by atoms with Crippen LogP contribution in [0.3, 0.4) is 0 Å². The summed E-state index contributed by atoms with van der Waals surface area (Å²) in [4.78, 5) is 7.95. The second-order valence-corrected chi connectivity index (χ2v) is 6.57. The molecule has 0 amide bonds. The van der Waals surface area contributed by atoms with Crippen molar-refractivity contribution in [1.82, 2.24) is 20.2 Å². The van der Waals surface area contributed by atoms with Gasteiger partial charge in [-0.25, -0.2) is 8.42 Å². The van der Waals surface area contributed by atoms with Crippen molar-refractivity contribution in [3.8, 4) is 0 Å². The number of aromatic amines is 1. The maximum Gasteiger partial charge on any atom is 0.226 e. The van der Waals surface area contributed by atoms with Crippen molar-refractivity contribution in [3.05, 3.63) is 5.28 Å². The van der Waals surface area contributed by atoms with Crippen LogP contribution in [-0.2, 0) is 9.84 Å². The molecular weight excluding hydrogens is 278 g/mol. The molecule has 18 heavy (non-hydrogen) atoms. The maximum absolute atomic E-state index is 11.7. The third-order valence-electron chi connectivity index (χ3n) is 2.64. The van der Waals surface area contributed by atoms with E-state index < -0.39 is 9.84 Å². The van der Waals surface area contributed by atoms with Crippen LogP contribution in [0.15, 0.2) is 5.03 Å². The Morgan fingerprint density at radius 3 is 2.72 bits per heavy atom. The molecule has 0 aromatic carbocycles. The number of halogens is 1. The summed E-state index contributed by atoms with van der Waals surface area (Å²) in [6, 6.07) is 0.321. The molecule has 96 valence electrons. The number of anilines is 1. The number of aromatic nitrogens is 4. The van der Waals surface area contributed by atoms with Gasteiger partial charge < -0.3 is 5.32 Å². The van der Waals surface area contributed by atoms with Gasteiger partial charge in [0.15, 0.2) is 20.5 Å². The third kappa shape index (κ3) is 2.01. The lowest BCUT2D eigenvalue weighted by Gasteiger charge is -2.05. The average Bonchev–Trinajstić information content (AvgIpc) is 2.93. The predicted molar refractivity (Wildman–Crippen MR) is 66.4 cm³/mol. The van der Waals surface area contributed by atoms with Gasteiger partial charge in [0.25, 0.3) is 0 Å². The summed E-state index contributed by atoms with van der Waals surface area (Å²) in [6.07, 6.45) is 3.18. The van der Waals surface area contributed by atoms with Crippen LogP contribution < -0.4 is 5.32 Å². The van der Waals surface area contributed by atoms with Gasteiger partial charge in [0, 0.05) is 12.3 Å². The average molecular weight is 288 g/mol. The van der Waals surface area contributed by atoms with Gasteiger partial charge >= 0.3 is 0 Å². The monoisotopic (exact) mass is 287 g/mol. The molecule has 2 N–H and O–H groups in total. The first-order chi connectivity index (χ1) is 8.45.